The smallest absolute Gasteiger partial charge is 0.227 e. The number of thioether (sulfide) groups is 1. The van der Waals surface area contributed by atoms with Crippen molar-refractivity contribution in [2.75, 3.05) is 24.3 Å². The lowest BCUT2D eigenvalue weighted by Gasteiger charge is -2.19. The molecule has 1 aliphatic heterocycles. The summed E-state index contributed by atoms with van der Waals surface area (Å²) in [6.45, 7) is 2.20. The maximum atomic E-state index is 12.2. The molecule has 1 fully saturated rings. The molecule has 0 aromatic heterocycles. The molecule has 2 rings (SSSR count). The van der Waals surface area contributed by atoms with Crippen molar-refractivity contribution in [3.05, 3.63) is 22.7 Å². The second-order valence-electron chi connectivity index (χ2n) is 4.67. The molecule has 0 radical (unpaired) electrons. The molecule has 108 valence electrons. The summed E-state index contributed by atoms with van der Waals surface area (Å²) in [5.74, 6) is 1.71. The molecule has 0 spiro atoms. The lowest BCUT2D eigenvalue weighted by atomic mass is 10.1. The topological polar surface area (TPSA) is 46.6 Å². The molecule has 1 atom stereocenters. The number of benzene rings is 1. The highest BCUT2D eigenvalue weighted by Crippen LogP contribution is 2.37. The predicted molar refractivity (Wildman–Crippen MR) is 84.3 cm³/mol. The van der Waals surface area contributed by atoms with Gasteiger partial charge in [-0.2, -0.15) is 0 Å². The van der Waals surface area contributed by atoms with E-state index in [1.165, 1.54) is 11.8 Å². The third kappa shape index (κ3) is 3.35. The summed E-state index contributed by atoms with van der Waals surface area (Å²) in [6.07, 6.45) is 0.490. The van der Waals surface area contributed by atoms with Gasteiger partial charge < -0.3 is 9.64 Å². The van der Waals surface area contributed by atoms with Gasteiger partial charge in [0.25, 0.3) is 0 Å². The van der Waals surface area contributed by atoms with Crippen LogP contribution in [0.4, 0.5) is 5.69 Å². The van der Waals surface area contributed by atoms with E-state index in [9.17, 15) is 9.59 Å². The molecular formula is C14H16BrNO3S. The number of nitrogens with zero attached hydrogens (tertiary/aromatic N) is 1. The molecule has 1 saturated heterocycles. The van der Waals surface area contributed by atoms with E-state index in [-0.39, 0.29) is 16.9 Å². The molecule has 1 heterocycles. The molecule has 0 bridgehead atoms. The number of ether oxygens (including phenoxy) is 1. The Bertz CT molecular complexity index is 535. The Morgan fingerprint density at radius 1 is 1.55 bits per heavy atom. The summed E-state index contributed by atoms with van der Waals surface area (Å²) < 4.78 is 6.04. The van der Waals surface area contributed by atoms with Gasteiger partial charge in [0.05, 0.1) is 17.3 Å². The van der Waals surface area contributed by atoms with E-state index >= 15 is 0 Å². The Hall–Kier alpha value is -1.01. The number of amides is 1. The van der Waals surface area contributed by atoms with Crippen LogP contribution in [0.15, 0.2) is 22.7 Å². The average molecular weight is 358 g/mol. The number of anilines is 1. The normalized spacial score (nSPS) is 18.4. The predicted octanol–water partition coefficient (Wildman–Crippen LogP) is 3.09. The van der Waals surface area contributed by atoms with Crippen molar-refractivity contribution in [1.29, 1.82) is 0 Å². The number of carbonyl (C=O) groups is 2. The SMILES string of the molecule is COc1cccc(N2CC(CSC(C)=O)CC2=O)c1Br. The van der Waals surface area contributed by atoms with Crippen molar-refractivity contribution >= 4 is 44.4 Å². The second kappa shape index (κ2) is 6.63. The Kier molecular flexibility index (Phi) is 5.10. The van der Waals surface area contributed by atoms with E-state index in [1.54, 1.807) is 18.9 Å². The first-order valence-corrected chi connectivity index (χ1v) is 8.07. The monoisotopic (exact) mass is 357 g/mol. The van der Waals surface area contributed by atoms with Crippen LogP contribution < -0.4 is 9.64 Å². The fourth-order valence-electron chi connectivity index (χ4n) is 2.23. The van der Waals surface area contributed by atoms with Crippen LogP contribution in [0.1, 0.15) is 13.3 Å². The molecular weight excluding hydrogens is 342 g/mol. The number of carbonyl (C=O) groups excluding carboxylic acids is 2. The highest BCUT2D eigenvalue weighted by molar-refractivity contribution is 9.10. The first-order chi connectivity index (χ1) is 9.52. The minimum absolute atomic E-state index is 0.0908. The van der Waals surface area contributed by atoms with E-state index in [2.05, 4.69) is 15.9 Å². The lowest BCUT2D eigenvalue weighted by molar-refractivity contribution is -0.117. The van der Waals surface area contributed by atoms with Crippen LogP contribution in [0.25, 0.3) is 0 Å². The summed E-state index contributed by atoms with van der Waals surface area (Å²) in [5.41, 5.74) is 0.824. The minimum Gasteiger partial charge on any atom is -0.495 e. The van der Waals surface area contributed by atoms with E-state index in [0.29, 0.717) is 24.5 Å². The number of hydrogen-bond donors (Lipinski definition) is 0. The van der Waals surface area contributed by atoms with Crippen LogP contribution in [-0.4, -0.2) is 30.4 Å². The summed E-state index contributed by atoms with van der Waals surface area (Å²) in [7, 11) is 1.60. The number of rotatable bonds is 4. The van der Waals surface area contributed by atoms with Gasteiger partial charge in [-0.15, -0.1) is 0 Å². The maximum Gasteiger partial charge on any atom is 0.227 e. The van der Waals surface area contributed by atoms with Gasteiger partial charge in [-0.3, -0.25) is 9.59 Å². The van der Waals surface area contributed by atoms with Crippen LogP contribution in [0.5, 0.6) is 5.75 Å². The van der Waals surface area contributed by atoms with Gasteiger partial charge >= 0.3 is 0 Å². The van der Waals surface area contributed by atoms with Gasteiger partial charge in [-0.25, -0.2) is 0 Å². The number of hydrogen-bond acceptors (Lipinski definition) is 4. The average Bonchev–Trinajstić information content (AvgIpc) is 2.78. The first kappa shape index (κ1) is 15.4. The quantitative estimate of drug-likeness (QED) is 0.830. The van der Waals surface area contributed by atoms with Crippen LogP contribution in [0.2, 0.25) is 0 Å². The third-order valence-corrected chi connectivity index (χ3v) is 5.02. The highest BCUT2D eigenvalue weighted by atomic mass is 79.9. The summed E-state index contributed by atoms with van der Waals surface area (Å²) in [5, 5.41) is 0.0958. The van der Waals surface area contributed by atoms with Gasteiger partial charge in [0.15, 0.2) is 5.12 Å². The summed E-state index contributed by atoms with van der Waals surface area (Å²) >= 11 is 4.77. The highest BCUT2D eigenvalue weighted by Gasteiger charge is 2.32. The molecule has 0 saturated carbocycles. The molecule has 1 aromatic rings. The summed E-state index contributed by atoms with van der Waals surface area (Å²) in [6, 6.07) is 5.60. The summed E-state index contributed by atoms with van der Waals surface area (Å²) in [4.78, 5) is 24.9. The molecule has 0 N–H and O–H groups in total. The fraction of sp³-hybridized carbons (Fsp3) is 0.429. The van der Waals surface area contributed by atoms with Gasteiger partial charge in [-0.1, -0.05) is 17.8 Å². The second-order valence-corrected chi connectivity index (χ2v) is 6.66. The largest absolute Gasteiger partial charge is 0.495 e. The standard InChI is InChI=1S/C14H16BrNO3S/c1-9(17)20-8-10-6-13(18)16(7-10)11-4-3-5-12(19-2)14(11)15/h3-5,10H,6-8H2,1-2H3. The van der Waals surface area contributed by atoms with Crippen molar-refractivity contribution in [3.63, 3.8) is 0 Å². The zero-order valence-electron chi connectivity index (χ0n) is 11.4. The van der Waals surface area contributed by atoms with E-state index in [0.717, 1.165) is 10.2 Å². The zero-order chi connectivity index (χ0) is 14.7. The lowest BCUT2D eigenvalue weighted by Crippen LogP contribution is -2.25. The Morgan fingerprint density at radius 2 is 2.30 bits per heavy atom. The van der Waals surface area contributed by atoms with Gasteiger partial charge in [0.2, 0.25) is 5.91 Å². The van der Waals surface area contributed by atoms with E-state index in [4.69, 9.17) is 4.74 Å². The number of methoxy groups -OCH3 is 1. The Labute approximate surface area is 131 Å². The molecule has 0 aliphatic carbocycles. The van der Waals surface area contributed by atoms with Crippen molar-refractivity contribution in [3.8, 4) is 5.75 Å². The van der Waals surface area contributed by atoms with Crippen LogP contribution in [-0.2, 0) is 9.59 Å². The minimum atomic E-state index is 0.0908. The Balaban J connectivity index is 2.14. The molecule has 1 unspecified atom stereocenters. The van der Waals surface area contributed by atoms with Crippen LogP contribution in [0, 0.1) is 5.92 Å². The third-order valence-electron chi connectivity index (χ3n) is 3.18. The zero-order valence-corrected chi connectivity index (χ0v) is 13.8. The maximum absolute atomic E-state index is 12.2. The van der Waals surface area contributed by atoms with Crippen molar-refractivity contribution in [1.82, 2.24) is 0 Å². The van der Waals surface area contributed by atoms with Crippen molar-refractivity contribution in [2.45, 2.75) is 13.3 Å². The number of halogens is 1. The van der Waals surface area contributed by atoms with Gasteiger partial charge in [0.1, 0.15) is 5.75 Å². The fourth-order valence-corrected chi connectivity index (χ4v) is 3.56. The van der Waals surface area contributed by atoms with Crippen molar-refractivity contribution < 1.29 is 14.3 Å². The molecule has 4 nitrogen and oxygen atoms in total. The molecule has 1 amide bonds. The van der Waals surface area contributed by atoms with Gasteiger partial charge in [-0.05, 0) is 34.0 Å². The molecule has 1 aromatic carbocycles. The van der Waals surface area contributed by atoms with E-state index in [1.807, 2.05) is 18.2 Å². The molecule has 1 aliphatic rings. The molecule has 20 heavy (non-hydrogen) atoms. The first-order valence-electron chi connectivity index (χ1n) is 6.29. The van der Waals surface area contributed by atoms with Gasteiger partial charge in [0, 0.05) is 25.6 Å². The van der Waals surface area contributed by atoms with Crippen LogP contribution in [0.3, 0.4) is 0 Å². The molecule has 6 heteroatoms. The van der Waals surface area contributed by atoms with Crippen molar-refractivity contribution in [2.24, 2.45) is 5.92 Å². The Morgan fingerprint density at radius 3 is 2.95 bits per heavy atom. The van der Waals surface area contributed by atoms with Crippen LogP contribution >= 0.6 is 27.7 Å². The van der Waals surface area contributed by atoms with E-state index < -0.39 is 0 Å².